The predicted octanol–water partition coefficient (Wildman–Crippen LogP) is 4.40. The normalized spacial score (nSPS) is 14.7. The van der Waals surface area contributed by atoms with Crippen LogP contribution in [0.2, 0.25) is 0 Å². The number of ether oxygens (including phenoxy) is 1. The molecule has 0 spiro atoms. The van der Waals surface area contributed by atoms with E-state index < -0.39 is 6.10 Å². The van der Waals surface area contributed by atoms with Gasteiger partial charge in [0.1, 0.15) is 11.6 Å². The van der Waals surface area contributed by atoms with E-state index in [1.54, 1.807) is 6.07 Å². The molecule has 110 valence electrons. The van der Waals surface area contributed by atoms with Gasteiger partial charge in [-0.1, -0.05) is 22.0 Å². The third-order valence-electron chi connectivity index (χ3n) is 3.56. The van der Waals surface area contributed by atoms with Crippen molar-refractivity contribution in [3.63, 3.8) is 0 Å². The number of fused-ring (bicyclic) bond motifs is 1. The lowest BCUT2D eigenvalue weighted by molar-refractivity contribution is 0.176. The Hall–Kier alpha value is -0.660. The van der Waals surface area contributed by atoms with Crippen molar-refractivity contribution in [3.05, 3.63) is 60.9 Å². The van der Waals surface area contributed by atoms with Gasteiger partial charge in [-0.2, -0.15) is 0 Å². The molecule has 0 bridgehead atoms. The number of rotatable bonds is 3. The first kappa shape index (κ1) is 15.2. The van der Waals surface area contributed by atoms with Gasteiger partial charge in [-0.25, -0.2) is 4.39 Å². The highest BCUT2D eigenvalue weighted by Crippen LogP contribution is 2.36. The molecule has 2 nitrogen and oxygen atoms in total. The fraction of sp³-hybridized carbons (Fsp3) is 0.250. The van der Waals surface area contributed by atoms with Crippen LogP contribution in [0.25, 0.3) is 0 Å². The van der Waals surface area contributed by atoms with Gasteiger partial charge in [-0.05, 0) is 63.5 Å². The second kappa shape index (κ2) is 6.22. The van der Waals surface area contributed by atoms with Crippen LogP contribution in [0.15, 0.2) is 34.8 Å². The van der Waals surface area contributed by atoms with E-state index in [2.05, 4.69) is 22.0 Å². The summed E-state index contributed by atoms with van der Waals surface area (Å²) in [4.78, 5) is 0. The van der Waals surface area contributed by atoms with E-state index in [0.717, 1.165) is 31.3 Å². The molecule has 0 fully saturated rings. The summed E-state index contributed by atoms with van der Waals surface area (Å²) in [5.74, 6) is 0.594. The van der Waals surface area contributed by atoms with Crippen LogP contribution in [0.1, 0.15) is 22.8 Å². The van der Waals surface area contributed by atoms with Crippen molar-refractivity contribution in [3.8, 4) is 5.75 Å². The van der Waals surface area contributed by atoms with Crippen molar-refractivity contribution in [1.29, 1.82) is 0 Å². The highest BCUT2D eigenvalue weighted by molar-refractivity contribution is 14.1. The smallest absolute Gasteiger partial charge is 0.125 e. The van der Waals surface area contributed by atoms with Crippen LogP contribution in [0.3, 0.4) is 0 Å². The quantitative estimate of drug-likeness (QED) is 0.685. The molecule has 5 heteroatoms. The Balaban J connectivity index is 1.90. The molecule has 0 aliphatic carbocycles. The largest absolute Gasteiger partial charge is 0.493 e. The zero-order valence-electron chi connectivity index (χ0n) is 11.1. The molecule has 2 aromatic rings. The van der Waals surface area contributed by atoms with E-state index in [0.29, 0.717) is 13.0 Å². The molecule has 1 atom stereocenters. The van der Waals surface area contributed by atoms with Crippen LogP contribution in [0, 0.1) is 9.39 Å². The number of halogens is 3. The summed E-state index contributed by atoms with van der Waals surface area (Å²) in [7, 11) is 0. The Morgan fingerprint density at radius 2 is 2.14 bits per heavy atom. The maximum atomic E-state index is 13.2. The van der Waals surface area contributed by atoms with E-state index in [9.17, 15) is 9.50 Å². The van der Waals surface area contributed by atoms with Crippen molar-refractivity contribution in [1.82, 2.24) is 0 Å². The number of hydrogen-bond acceptors (Lipinski definition) is 2. The zero-order chi connectivity index (χ0) is 15.0. The number of hydrogen-bond donors (Lipinski definition) is 1. The molecule has 3 rings (SSSR count). The Labute approximate surface area is 144 Å². The predicted molar refractivity (Wildman–Crippen MR) is 91.1 cm³/mol. The van der Waals surface area contributed by atoms with E-state index in [-0.39, 0.29) is 5.82 Å². The van der Waals surface area contributed by atoms with Gasteiger partial charge in [-0.3, -0.25) is 0 Å². The first-order valence-electron chi connectivity index (χ1n) is 6.61. The minimum atomic E-state index is -0.680. The summed E-state index contributed by atoms with van der Waals surface area (Å²) < 4.78 is 20.6. The molecule has 1 N–H and O–H groups in total. The third kappa shape index (κ3) is 3.24. The van der Waals surface area contributed by atoms with E-state index in [1.807, 2.05) is 28.7 Å². The summed E-state index contributed by atoms with van der Waals surface area (Å²) >= 11 is 5.54. The molecule has 1 unspecified atom stereocenters. The van der Waals surface area contributed by atoms with Crippen LogP contribution >= 0.6 is 38.5 Å². The van der Waals surface area contributed by atoms with Gasteiger partial charge < -0.3 is 9.84 Å². The molecule has 1 aliphatic rings. The Kier molecular flexibility index (Phi) is 4.51. The van der Waals surface area contributed by atoms with Crippen LogP contribution in [-0.2, 0) is 12.8 Å². The summed E-state index contributed by atoms with van der Waals surface area (Å²) in [6.45, 7) is 0.683. The summed E-state index contributed by atoms with van der Waals surface area (Å²) in [6.07, 6.45) is 0.662. The van der Waals surface area contributed by atoms with Crippen LogP contribution in [0.4, 0.5) is 4.39 Å². The van der Waals surface area contributed by atoms with Gasteiger partial charge in [-0.15, -0.1) is 0 Å². The molecule has 0 amide bonds. The molecule has 21 heavy (non-hydrogen) atoms. The summed E-state index contributed by atoms with van der Waals surface area (Å²) in [5.41, 5.74) is 2.88. The minimum absolute atomic E-state index is 0.290. The molecule has 0 saturated heterocycles. The summed E-state index contributed by atoms with van der Waals surface area (Å²) in [6, 6.07) is 8.48. The van der Waals surface area contributed by atoms with Gasteiger partial charge in [0.25, 0.3) is 0 Å². The first-order chi connectivity index (χ1) is 10.0. The lowest BCUT2D eigenvalue weighted by atomic mass is 9.99. The highest BCUT2D eigenvalue weighted by Gasteiger charge is 2.21. The zero-order valence-corrected chi connectivity index (χ0v) is 14.8. The summed E-state index contributed by atoms with van der Waals surface area (Å²) in [5, 5.41) is 10.5. The SMILES string of the molecule is OC(Cc1cc(Br)cc2c1OCC2)c1ccc(F)cc1I. The Bertz CT molecular complexity index is 690. The molecule has 0 aromatic heterocycles. The van der Waals surface area contributed by atoms with Crippen molar-refractivity contribution >= 4 is 38.5 Å². The molecular weight excluding hydrogens is 450 g/mol. The lowest BCUT2D eigenvalue weighted by Crippen LogP contribution is -2.05. The van der Waals surface area contributed by atoms with Gasteiger partial charge in [0.05, 0.1) is 12.7 Å². The van der Waals surface area contributed by atoms with Crippen molar-refractivity contribution < 1.29 is 14.2 Å². The average molecular weight is 463 g/mol. The fourth-order valence-electron chi connectivity index (χ4n) is 2.59. The molecular formula is C16H13BrFIO2. The lowest BCUT2D eigenvalue weighted by Gasteiger charge is -2.15. The van der Waals surface area contributed by atoms with Crippen LogP contribution < -0.4 is 4.74 Å². The molecule has 1 aliphatic heterocycles. The molecule has 0 radical (unpaired) electrons. The van der Waals surface area contributed by atoms with E-state index >= 15 is 0 Å². The Morgan fingerprint density at radius 1 is 1.33 bits per heavy atom. The van der Waals surface area contributed by atoms with Gasteiger partial charge >= 0.3 is 0 Å². The van der Waals surface area contributed by atoms with Crippen LogP contribution in [-0.4, -0.2) is 11.7 Å². The van der Waals surface area contributed by atoms with Gasteiger partial charge in [0.2, 0.25) is 0 Å². The fourth-order valence-corrected chi connectivity index (χ4v) is 3.98. The topological polar surface area (TPSA) is 29.5 Å². The first-order valence-corrected chi connectivity index (χ1v) is 8.49. The van der Waals surface area contributed by atoms with Gasteiger partial charge in [0.15, 0.2) is 0 Å². The molecule has 0 saturated carbocycles. The van der Waals surface area contributed by atoms with Gasteiger partial charge in [0, 0.05) is 20.9 Å². The maximum absolute atomic E-state index is 13.2. The second-order valence-corrected chi connectivity index (χ2v) is 7.12. The number of aliphatic hydroxyl groups is 1. The highest BCUT2D eigenvalue weighted by atomic mass is 127. The maximum Gasteiger partial charge on any atom is 0.125 e. The van der Waals surface area contributed by atoms with Crippen molar-refractivity contribution in [2.45, 2.75) is 18.9 Å². The number of aliphatic hydroxyl groups excluding tert-OH is 1. The Morgan fingerprint density at radius 3 is 2.90 bits per heavy atom. The van der Waals surface area contributed by atoms with E-state index in [1.165, 1.54) is 17.7 Å². The third-order valence-corrected chi connectivity index (χ3v) is 4.95. The average Bonchev–Trinajstić information content (AvgIpc) is 2.86. The second-order valence-electron chi connectivity index (χ2n) is 5.04. The van der Waals surface area contributed by atoms with Crippen LogP contribution in [0.5, 0.6) is 5.75 Å². The number of benzene rings is 2. The van der Waals surface area contributed by atoms with E-state index in [4.69, 9.17) is 4.74 Å². The van der Waals surface area contributed by atoms with Crippen molar-refractivity contribution in [2.24, 2.45) is 0 Å². The standard InChI is InChI=1S/C16H13BrFIO2/c17-11-5-9-3-4-21-16(9)10(6-11)7-15(20)13-2-1-12(18)8-14(13)19/h1-2,5-6,8,15,20H,3-4,7H2. The monoisotopic (exact) mass is 462 g/mol. The molecule has 2 aromatic carbocycles. The van der Waals surface area contributed by atoms with Crippen molar-refractivity contribution in [2.75, 3.05) is 6.61 Å². The molecule has 1 heterocycles. The minimum Gasteiger partial charge on any atom is -0.493 e.